The Kier molecular flexibility index (Phi) is 8.93. The van der Waals surface area contributed by atoms with Crippen molar-refractivity contribution in [3.63, 3.8) is 0 Å². The normalized spacial score (nSPS) is 10.3. The highest BCUT2D eigenvalue weighted by molar-refractivity contribution is 5.71. The Morgan fingerprint density at radius 3 is 2.36 bits per heavy atom. The van der Waals surface area contributed by atoms with Gasteiger partial charge in [-0.2, -0.15) is 0 Å². The molecule has 1 aromatic rings. The van der Waals surface area contributed by atoms with Crippen LogP contribution < -0.4 is 10.6 Å². The molecular formula is C15H26N4O3. The van der Waals surface area contributed by atoms with Gasteiger partial charge in [-0.3, -0.25) is 4.79 Å². The number of carbonyl (C=O) groups is 2. The smallest absolute Gasteiger partial charge is 0.407 e. The Morgan fingerprint density at radius 2 is 1.91 bits per heavy atom. The Morgan fingerprint density at radius 1 is 1.27 bits per heavy atom. The molecule has 0 aliphatic heterocycles. The minimum absolute atomic E-state index is 0.363. The van der Waals surface area contributed by atoms with Crippen LogP contribution in [0.5, 0.6) is 0 Å². The van der Waals surface area contributed by atoms with Crippen molar-refractivity contribution in [3.05, 3.63) is 23.3 Å². The molecule has 0 aliphatic rings. The second-order valence-electron chi connectivity index (χ2n) is 5.63. The fraction of sp³-hybridized carbons (Fsp3) is 0.600. The topological polar surface area (TPSA) is 93.2 Å². The average molecular weight is 310 g/mol. The highest BCUT2D eigenvalue weighted by Gasteiger charge is 2.14. The molecule has 0 aliphatic carbocycles. The lowest BCUT2D eigenvalue weighted by atomic mass is 10.2. The predicted octanol–water partition coefficient (Wildman–Crippen LogP) is 1.64. The molecule has 7 heteroatoms. The van der Waals surface area contributed by atoms with Gasteiger partial charge in [0.25, 0.3) is 0 Å². The maximum Gasteiger partial charge on any atom is 0.407 e. The van der Waals surface area contributed by atoms with Gasteiger partial charge in [0.2, 0.25) is 0 Å². The highest BCUT2D eigenvalue weighted by Crippen LogP contribution is 2.05. The maximum atomic E-state index is 11.0. The summed E-state index contributed by atoms with van der Waals surface area (Å²) in [6.07, 6.45) is 0.361. The summed E-state index contributed by atoms with van der Waals surface area (Å²) in [6.45, 7) is 10.5. The molecule has 1 amide bonds. The third-order valence-corrected chi connectivity index (χ3v) is 2.15. The number of aryl methyl sites for hydroxylation is 2. The van der Waals surface area contributed by atoms with Crippen molar-refractivity contribution in [2.75, 3.05) is 20.1 Å². The lowest BCUT2D eigenvalue weighted by Crippen LogP contribution is -2.35. The summed E-state index contributed by atoms with van der Waals surface area (Å²) >= 11 is 0. The Balaban J connectivity index is 0.000000406. The first-order chi connectivity index (χ1) is 10.2. The van der Waals surface area contributed by atoms with Gasteiger partial charge in [-0.15, -0.1) is 0 Å². The minimum atomic E-state index is -0.413. The Hall–Kier alpha value is -2.02. The van der Waals surface area contributed by atoms with E-state index in [-0.39, 0.29) is 6.09 Å². The molecule has 1 rings (SSSR count). The number of nitrogens with zero attached hydrogens (tertiary/aromatic N) is 2. The average Bonchev–Trinajstić information content (AvgIpc) is 2.36. The number of aldehydes is 1. The summed E-state index contributed by atoms with van der Waals surface area (Å²) < 4.78 is 5.01. The van der Waals surface area contributed by atoms with Crippen LogP contribution >= 0.6 is 0 Å². The molecule has 2 N–H and O–H groups in total. The molecule has 0 spiro atoms. The molecule has 0 aromatic carbocycles. The van der Waals surface area contributed by atoms with Gasteiger partial charge in [0.15, 0.2) is 6.29 Å². The van der Waals surface area contributed by atoms with Crippen LogP contribution in [0.25, 0.3) is 0 Å². The molecule has 0 atom stereocenters. The number of ether oxygens (including phenoxy) is 1. The van der Waals surface area contributed by atoms with Crippen LogP contribution in [-0.4, -0.2) is 48.1 Å². The van der Waals surface area contributed by atoms with E-state index in [9.17, 15) is 9.59 Å². The molecule has 7 nitrogen and oxygen atoms in total. The summed E-state index contributed by atoms with van der Waals surface area (Å²) in [5.41, 5.74) is 0.864. The number of alkyl carbamates (subject to hydrolysis) is 1. The van der Waals surface area contributed by atoms with E-state index in [2.05, 4.69) is 20.6 Å². The van der Waals surface area contributed by atoms with Crippen LogP contribution in [0.1, 0.15) is 42.8 Å². The van der Waals surface area contributed by atoms with Gasteiger partial charge in [0.1, 0.15) is 17.1 Å². The molecule has 0 bridgehead atoms. The van der Waals surface area contributed by atoms with Crippen molar-refractivity contribution in [1.29, 1.82) is 0 Å². The Bertz CT molecular complexity index is 464. The molecule has 1 aromatic heterocycles. The van der Waals surface area contributed by atoms with Crippen LogP contribution in [-0.2, 0) is 4.74 Å². The first-order valence-corrected chi connectivity index (χ1v) is 7.07. The molecule has 1 heterocycles. The molecule has 0 radical (unpaired) electrons. The standard InChI is InChI=1S/C8H18N2O2.C7H8N2O/c1-8(2,3)12-7(11)10-6-5-9-4;1-5-3-7(4-10)9-6(2)8-5/h9H,5-6H2,1-4H3,(H,10,11);3-4H,1-2H3. The van der Waals surface area contributed by atoms with Gasteiger partial charge in [-0.1, -0.05) is 0 Å². The third-order valence-electron chi connectivity index (χ3n) is 2.15. The number of amides is 1. The summed E-state index contributed by atoms with van der Waals surface area (Å²) in [4.78, 5) is 29.1. The fourth-order valence-electron chi connectivity index (χ4n) is 1.41. The van der Waals surface area contributed by atoms with Crippen LogP contribution in [0.4, 0.5) is 4.79 Å². The lowest BCUT2D eigenvalue weighted by molar-refractivity contribution is 0.0528. The first kappa shape index (κ1) is 20.0. The third kappa shape index (κ3) is 10.7. The van der Waals surface area contributed by atoms with E-state index in [4.69, 9.17) is 4.74 Å². The van der Waals surface area contributed by atoms with Crippen LogP contribution in [0.3, 0.4) is 0 Å². The second kappa shape index (κ2) is 9.83. The fourth-order valence-corrected chi connectivity index (χ4v) is 1.41. The predicted molar refractivity (Wildman–Crippen MR) is 85.1 cm³/mol. The van der Waals surface area contributed by atoms with E-state index >= 15 is 0 Å². The number of nitrogens with one attached hydrogen (secondary N) is 2. The minimum Gasteiger partial charge on any atom is -0.444 e. The van der Waals surface area contributed by atoms with Crippen LogP contribution in [0.2, 0.25) is 0 Å². The first-order valence-electron chi connectivity index (χ1n) is 7.07. The van der Waals surface area contributed by atoms with E-state index in [1.807, 2.05) is 34.7 Å². The van der Waals surface area contributed by atoms with E-state index in [1.165, 1.54) is 0 Å². The van der Waals surface area contributed by atoms with E-state index in [0.717, 1.165) is 18.5 Å². The highest BCUT2D eigenvalue weighted by atomic mass is 16.6. The van der Waals surface area contributed by atoms with Gasteiger partial charge >= 0.3 is 6.09 Å². The number of carbonyl (C=O) groups excluding carboxylic acids is 2. The van der Waals surface area contributed by atoms with Gasteiger partial charge in [-0.05, 0) is 47.7 Å². The molecule has 0 saturated carbocycles. The Labute approximate surface area is 131 Å². The zero-order valence-electron chi connectivity index (χ0n) is 14.2. The monoisotopic (exact) mass is 310 g/mol. The largest absolute Gasteiger partial charge is 0.444 e. The summed E-state index contributed by atoms with van der Waals surface area (Å²) in [5, 5.41) is 5.53. The summed E-state index contributed by atoms with van der Waals surface area (Å²) in [5.74, 6) is 0.641. The molecule has 0 fully saturated rings. The van der Waals surface area contributed by atoms with Crippen LogP contribution in [0.15, 0.2) is 6.07 Å². The molecule has 124 valence electrons. The van der Waals surface area contributed by atoms with Crippen molar-refractivity contribution >= 4 is 12.4 Å². The van der Waals surface area contributed by atoms with E-state index in [0.29, 0.717) is 18.1 Å². The van der Waals surface area contributed by atoms with Crippen molar-refractivity contribution in [1.82, 2.24) is 20.6 Å². The van der Waals surface area contributed by atoms with Crippen molar-refractivity contribution in [2.24, 2.45) is 0 Å². The summed E-state index contributed by atoms with van der Waals surface area (Å²) in [6, 6.07) is 1.65. The number of rotatable bonds is 4. The van der Waals surface area contributed by atoms with Gasteiger partial charge < -0.3 is 15.4 Å². The quantitative estimate of drug-likeness (QED) is 0.648. The lowest BCUT2D eigenvalue weighted by Gasteiger charge is -2.19. The number of hydrogen-bond acceptors (Lipinski definition) is 6. The van der Waals surface area contributed by atoms with E-state index < -0.39 is 5.60 Å². The SMILES string of the molecule is CNCCNC(=O)OC(C)(C)C.Cc1cc(C=O)nc(C)n1. The molecular weight excluding hydrogens is 284 g/mol. The van der Waals surface area contributed by atoms with Crippen molar-refractivity contribution in [2.45, 2.75) is 40.2 Å². The molecule has 22 heavy (non-hydrogen) atoms. The number of aromatic nitrogens is 2. The van der Waals surface area contributed by atoms with E-state index in [1.54, 1.807) is 13.0 Å². The zero-order valence-corrected chi connectivity index (χ0v) is 14.2. The second-order valence-corrected chi connectivity index (χ2v) is 5.63. The molecule has 0 unspecified atom stereocenters. The van der Waals surface area contributed by atoms with Gasteiger partial charge in [0.05, 0.1) is 0 Å². The van der Waals surface area contributed by atoms with Gasteiger partial charge in [-0.25, -0.2) is 14.8 Å². The van der Waals surface area contributed by atoms with Crippen LogP contribution in [0, 0.1) is 13.8 Å². The van der Waals surface area contributed by atoms with Gasteiger partial charge in [0, 0.05) is 18.8 Å². The number of likely N-dealkylation sites (N-methyl/N-ethyl adjacent to an activating group) is 1. The number of hydrogen-bond donors (Lipinski definition) is 2. The summed E-state index contributed by atoms with van der Waals surface area (Å²) in [7, 11) is 1.83. The van der Waals surface area contributed by atoms with Crippen molar-refractivity contribution < 1.29 is 14.3 Å². The van der Waals surface area contributed by atoms with Crippen molar-refractivity contribution in [3.8, 4) is 0 Å². The maximum absolute atomic E-state index is 11.0. The molecule has 0 saturated heterocycles. The zero-order chi connectivity index (χ0) is 17.2.